The van der Waals surface area contributed by atoms with Crippen LogP contribution in [0, 0.1) is 5.92 Å². The van der Waals surface area contributed by atoms with Gasteiger partial charge in [0.1, 0.15) is 5.75 Å². The van der Waals surface area contributed by atoms with Crippen LogP contribution in [0.4, 0.5) is 0 Å². The number of hydrogen-bond acceptors (Lipinski definition) is 4. The first-order valence-corrected chi connectivity index (χ1v) is 8.80. The van der Waals surface area contributed by atoms with E-state index in [9.17, 15) is 9.59 Å². The van der Waals surface area contributed by atoms with Crippen molar-refractivity contribution in [3.05, 3.63) is 42.0 Å². The number of piperazine rings is 1. The summed E-state index contributed by atoms with van der Waals surface area (Å²) in [6.07, 6.45) is 5.12. The number of likely N-dealkylation sites (tertiary alicyclic amines) is 1. The minimum absolute atomic E-state index is 0.0570. The molecule has 1 aromatic carbocycles. The Balaban J connectivity index is 1.31. The first-order chi connectivity index (χ1) is 12.2. The Morgan fingerprint density at radius 2 is 1.84 bits per heavy atom. The number of ether oxygens (including phenoxy) is 1. The van der Waals surface area contributed by atoms with Gasteiger partial charge in [0.2, 0.25) is 5.91 Å². The predicted octanol–water partition coefficient (Wildman–Crippen LogP) is 1.20. The highest BCUT2D eigenvalue weighted by atomic mass is 16.5. The lowest BCUT2D eigenvalue weighted by molar-refractivity contribution is -0.133. The number of benzene rings is 1. The number of nitrogens with zero attached hydrogens (tertiary/aromatic N) is 3. The molecule has 3 aliphatic rings. The second kappa shape index (κ2) is 6.52. The van der Waals surface area contributed by atoms with Crippen molar-refractivity contribution < 1.29 is 14.3 Å². The van der Waals surface area contributed by atoms with Gasteiger partial charge in [-0.15, -0.1) is 0 Å². The third kappa shape index (κ3) is 3.02. The number of methoxy groups -OCH3 is 1. The minimum atomic E-state index is 0.0570. The van der Waals surface area contributed by atoms with Gasteiger partial charge >= 0.3 is 0 Å². The van der Waals surface area contributed by atoms with Crippen molar-refractivity contribution in [3.63, 3.8) is 0 Å². The van der Waals surface area contributed by atoms with Crippen molar-refractivity contribution in [1.82, 2.24) is 14.7 Å². The highest BCUT2D eigenvalue weighted by Gasteiger charge is 2.41. The maximum atomic E-state index is 12.6. The van der Waals surface area contributed by atoms with E-state index >= 15 is 0 Å². The normalized spacial score (nSPS) is 25.7. The second-order valence-electron chi connectivity index (χ2n) is 6.88. The maximum absolute atomic E-state index is 12.6. The first-order valence-electron chi connectivity index (χ1n) is 8.80. The number of hydrogen-bond donors (Lipinski definition) is 0. The van der Waals surface area contributed by atoms with E-state index in [-0.39, 0.29) is 23.8 Å². The molecule has 132 valence electrons. The lowest BCUT2D eigenvalue weighted by Gasteiger charge is -2.38. The fraction of sp³-hybridized carbons (Fsp3) is 0.474. The van der Waals surface area contributed by atoms with Crippen molar-refractivity contribution in [3.8, 4) is 5.75 Å². The third-order valence-corrected chi connectivity index (χ3v) is 5.41. The average molecular weight is 341 g/mol. The fourth-order valence-corrected chi connectivity index (χ4v) is 3.87. The monoisotopic (exact) mass is 341 g/mol. The van der Waals surface area contributed by atoms with Crippen LogP contribution in [-0.2, 0) is 4.79 Å². The molecule has 6 nitrogen and oxygen atoms in total. The van der Waals surface area contributed by atoms with Crippen LogP contribution >= 0.6 is 0 Å². The molecule has 6 heteroatoms. The summed E-state index contributed by atoms with van der Waals surface area (Å²) in [5.41, 5.74) is 0.686. The number of rotatable bonds is 4. The SMILES string of the molecule is COc1ccc(C(=O)N2CCN(CN3C(=O)C4C=CC3C4)CC2)cc1. The summed E-state index contributed by atoms with van der Waals surface area (Å²) in [5, 5.41) is 0. The molecular formula is C19H23N3O3. The van der Waals surface area contributed by atoms with Gasteiger partial charge in [0.15, 0.2) is 0 Å². The van der Waals surface area contributed by atoms with Gasteiger partial charge in [-0.3, -0.25) is 14.5 Å². The van der Waals surface area contributed by atoms with E-state index in [1.54, 1.807) is 19.2 Å². The molecule has 2 unspecified atom stereocenters. The number of fused-ring (bicyclic) bond motifs is 2. The van der Waals surface area contributed by atoms with Crippen molar-refractivity contribution in [2.45, 2.75) is 12.5 Å². The summed E-state index contributed by atoms with van der Waals surface area (Å²) >= 11 is 0. The predicted molar refractivity (Wildman–Crippen MR) is 93.2 cm³/mol. The van der Waals surface area contributed by atoms with Crippen LogP contribution in [-0.4, -0.2) is 72.5 Å². The Kier molecular flexibility index (Phi) is 4.21. The third-order valence-electron chi connectivity index (χ3n) is 5.41. The van der Waals surface area contributed by atoms with Crippen LogP contribution in [0.15, 0.2) is 36.4 Å². The molecule has 1 aromatic rings. The molecule has 2 fully saturated rings. The summed E-state index contributed by atoms with van der Waals surface area (Å²) in [5.74, 6) is 1.16. The van der Waals surface area contributed by atoms with Crippen LogP contribution in [0.2, 0.25) is 0 Å². The van der Waals surface area contributed by atoms with Crippen LogP contribution in [0.5, 0.6) is 5.75 Å². The molecule has 0 spiro atoms. The molecule has 1 aliphatic carbocycles. The fourth-order valence-electron chi connectivity index (χ4n) is 3.87. The maximum Gasteiger partial charge on any atom is 0.253 e. The molecular weight excluding hydrogens is 318 g/mol. The summed E-state index contributed by atoms with van der Waals surface area (Å²) in [6, 6.07) is 7.51. The van der Waals surface area contributed by atoms with Crippen LogP contribution in [0.1, 0.15) is 16.8 Å². The molecule has 2 heterocycles. The molecule has 2 aliphatic heterocycles. The van der Waals surface area contributed by atoms with Gasteiger partial charge < -0.3 is 14.5 Å². The zero-order chi connectivity index (χ0) is 17.4. The summed E-state index contributed by atoms with van der Waals surface area (Å²) in [6.45, 7) is 3.65. The van der Waals surface area contributed by atoms with Gasteiger partial charge in [0.05, 0.1) is 25.7 Å². The Morgan fingerprint density at radius 1 is 1.12 bits per heavy atom. The van der Waals surface area contributed by atoms with Gasteiger partial charge in [-0.05, 0) is 30.7 Å². The minimum Gasteiger partial charge on any atom is -0.497 e. The molecule has 2 amide bonds. The Bertz CT molecular complexity index is 692. The highest BCUT2D eigenvalue weighted by Crippen LogP contribution is 2.32. The Labute approximate surface area is 147 Å². The van der Waals surface area contributed by atoms with E-state index in [2.05, 4.69) is 11.0 Å². The van der Waals surface area contributed by atoms with Crippen molar-refractivity contribution in [2.24, 2.45) is 5.92 Å². The highest BCUT2D eigenvalue weighted by molar-refractivity contribution is 5.94. The smallest absolute Gasteiger partial charge is 0.253 e. The van der Waals surface area contributed by atoms with Crippen LogP contribution < -0.4 is 4.74 Å². The van der Waals surface area contributed by atoms with E-state index < -0.39 is 0 Å². The number of amides is 2. The summed E-state index contributed by atoms with van der Waals surface area (Å²) in [7, 11) is 1.61. The van der Waals surface area contributed by atoms with Crippen LogP contribution in [0.25, 0.3) is 0 Å². The zero-order valence-corrected chi connectivity index (χ0v) is 14.4. The largest absolute Gasteiger partial charge is 0.497 e. The van der Waals surface area contributed by atoms with E-state index in [0.717, 1.165) is 25.3 Å². The molecule has 0 N–H and O–H groups in total. The first kappa shape index (κ1) is 16.1. The lowest BCUT2D eigenvalue weighted by atomic mass is 10.1. The average Bonchev–Trinajstić information content (AvgIpc) is 3.25. The molecule has 2 saturated heterocycles. The molecule has 2 bridgehead atoms. The molecule has 2 atom stereocenters. The Morgan fingerprint density at radius 3 is 2.44 bits per heavy atom. The standard InChI is InChI=1S/C19H23N3O3/c1-25-17-6-3-14(4-7-17)18(23)21-10-8-20(9-11-21)13-22-16-5-2-15(12-16)19(22)24/h2-7,15-16H,8-13H2,1H3. The van der Waals surface area contributed by atoms with E-state index in [1.807, 2.05) is 28.0 Å². The van der Waals surface area contributed by atoms with Gasteiger partial charge in [-0.1, -0.05) is 12.2 Å². The number of carbonyl (C=O) groups excluding carboxylic acids is 2. The molecule has 25 heavy (non-hydrogen) atoms. The molecule has 0 aromatic heterocycles. The molecule has 0 radical (unpaired) electrons. The summed E-state index contributed by atoms with van der Waals surface area (Å²) < 4.78 is 5.13. The van der Waals surface area contributed by atoms with E-state index in [1.165, 1.54) is 0 Å². The second-order valence-corrected chi connectivity index (χ2v) is 6.88. The van der Waals surface area contributed by atoms with Gasteiger partial charge in [-0.2, -0.15) is 0 Å². The van der Waals surface area contributed by atoms with Crippen molar-refractivity contribution in [2.75, 3.05) is 40.0 Å². The van der Waals surface area contributed by atoms with Crippen molar-refractivity contribution in [1.29, 1.82) is 0 Å². The number of carbonyl (C=O) groups is 2. The quantitative estimate of drug-likeness (QED) is 0.772. The van der Waals surface area contributed by atoms with Gasteiger partial charge in [0, 0.05) is 31.7 Å². The van der Waals surface area contributed by atoms with E-state index in [0.29, 0.717) is 25.3 Å². The zero-order valence-electron chi connectivity index (χ0n) is 14.4. The Hall–Kier alpha value is -2.34. The van der Waals surface area contributed by atoms with Gasteiger partial charge in [0.25, 0.3) is 5.91 Å². The van der Waals surface area contributed by atoms with Crippen molar-refractivity contribution >= 4 is 11.8 Å². The molecule has 4 rings (SSSR count). The lowest BCUT2D eigenvalue weighted by Crippen LogP contribution is -2.53. The van der Waals surface area contributed by atoms with Gasteiger partial charge in [-0.25, -0.2) is 0 Å². The molecule has 0 saturated carbocycles. The van der Waals surface area contributed by atoms with Crippen LogP contribution in [0.3, 0.4) is 0 Å². The topological polar surface area (TPSA) is 53.1 Å². The van der Waals surface area contributed by atoms with E-state index in [4.69, 9.17) is 4.74 Å². The summed E-state index contributed by atoms with van der Waals surface area (Å²) in [4.78, 5) is 31.0.